The Kier molecular flexibility index (Phi) is 3.61. The smallest absolute Gasteiger partial charge is 0.287 e. The molecule has 0 bridgehead atoms. The van der Waals surface area contributed by atoms with E-state index in [0.29, 0.717) is 0 Å². The van der Waals surface area contributed by atoms with E-state index in [1.807, 2.05) is 0 Å². The normalized spacial score (nSPS) is 22.9. The quantitative estimate of drug-likeness (QED) is 0.545. The van der Waals surface area contributed by atoms with Gasteiger partial charge in [-0.2, -0.15) is 0 Å². The number of hydrogen-bond acceptors (Lipinski definition) is 4. The molecule has 1 aliphatic rings. The number of aliphatic hydroxyl groups excluding tert-OH is 1. The molecule has 7 heteroatoms. The van der Waals surface area contributed by atoms with Gasteiger partial charge in [-0.1, -0.05) is 6.42 Å². The fourth-order valence-electron chi connectivity index (χ4n) is 2.31. The number of nitrogens with one attached hydrogen (secondary N) is 2. The first-order chi connectivity index (χ1) is 8.61. The molecule has 1 fully saturated rings. The molecule has 0 aromatic carbocycles. The number of H-pyrrole nitrogens is 1. The number of nitro groups is 1. The summed E-state index contributed by atoms with van der Waals surface area (Å²) in [6, 6.07) is 1.16. The van der Waals surface area contributed by atoms with Crippen molar-refractivity contribution in [1.29, 1.82) is 0 Å². The van der Waals surface area contributed by atoms with Gasteiger partial charge in [0.15, 0.2) is 0 Å². The minimum Gasteiger partial charge on any atom is -0.396 e. The Hall–Kier alpha value is -1.89. The summed E-state index contributed by atoms with van der Waals surface area (Å²) in [5.41, 5.74) is 0.0376. The molecule has 0 spiro atoms. The molecule has 98 valence electrons. The maximum atomic E-state index is 11.9. The molecule has 1 heterocycles. The van der Waals surface area contributed by atoms with Crippen molar-refractivity contribution in [3.05, 3.63) is 28.1 Å². The van der Waals surface area contributed by atoms with Crippen LogP contribution in [0.5, 0.6) is 0 Å². The molecule has 2 atom stereocenters. The van der Waals surface area contributed by atoms with E-state index in [0.717, 1.165) is 19.3 Å². The van der Waals surface area contributed by atoms with Gasteiger partial charge in [0, 0.05) is 24.6 Å². The molecule has 2 rings (SSSR count). The molecule has 0 radical (unpaired) electrons. The van der Waals surface area contributed by atoms with Crippen molar-refractivity contribution >= 4 is 11.6 Å². The van der Waals surface area contributed by atoms with Crippen molar-refractivity contribution in [3.63, 3.8) is 0 Å². The van der Waals surface area contributed by atoms with Crippen LogP contribution in [0.3, 0.4) is 0 Å². The molecule has 1 amide bonds. The van der Waals surface area contributed by atoms with Crippen molar-refractivity contribution in [2.45, 2.75) is 25.3 Å². The lowest BCUT2D eigenvalue weighted by molar-refractivity contribution is -0.384. The minimum atomic E-state index is -0.556. The number of amides is 1. The second-order valence-corrected chi connectivity index (χ2v) is 4.48. The standard InChI is InChI=1S/C11H15N3O4/c15-6-7-2-1-3-9(7)13-11(16)10-4-8(5-12-10)14(17)18/h4-5,7,9,12,15H,1-3,6H2,(H,13,16). The molecular weight excluding hydrogens is 238 g/mol. The molecule has 1 aliphatic carbocycles. The molecule has 0 aliphatic heterocycles. The van der Waals surface area contributed by atoms with Crippen LogP contribution in [-0.4, -0.2) is 33.6 Å². The Labute approximate surface area is 103 Å². The van der Waals surface area contributed by atoms with Crippen LogP contribution < -0.4 is 5.32 Å². The first-order valence-electron chi connectivity index (χ1n) is 5.86. The number of aromatic amines is 1. The molecular formula is C11H15N3O4. The van der Waals surface area contributed by atoms with E-state index in [2.05, 4.69) is 10.3 Å². The van der Waals surface area contributed by atoms with Crippen molar-refractivity contribution < 1.29 is 14.8 Å². The maximum absolute atomic E-state index is 11.9. The average Bonchev–Trinajstić information content (AvgIpc) is 2.96. The summed E-state index contributed by atoms with van der Waals surface area (Å²) in [5.74, 6) is -0.285. The van der Waals surface area contributed by atoms with Crippen molar-refractivity contribution in [3.8, 4) is 0 Å². The highest BCUT2D eigenvalue weighted by atomic mass is 16.6. The van der Waals surface area contributed by atoms with E-state index < -0.39 is 4.92 Å². The SMILES string of the molecule is O=C(NC1CCCC1CO)c1cc([N+](=O)[O-])c[nH]1. The lowest BCUT2D eigenvalue weighted by Crippen LogP contribution is -2.38. The fraction of sp³-hybridized carbons (Fsp3) is 0.545. The third-order valence-electron chi connectivity index (χ3n) is 3.33. The molecule has 1 saturated carbocycles. The summed E-state index contributed by atoms with van der Waals surface area (Å²) < 4.78 is 0. The second-order valence-electron chi connectivity index (χ2n) is 4.48. The van der Waals surface area contributed by atoms with Gasteiger partial charge in [-0.3, -0.25) is 14.9 Å². The number of carbonyl (C=O) groups is 1. The minimum absolute atomic E-state index is 0.0511. The molecule has 3 N–H and O–H groups in total. The van der Waals surface area contributed by atoms with Crippen LogP contribution in [0.1, 0.15) is 29.8 Å². The summed E-state index contributed by atoms with van der Waals surface area (Å²) in [7, 11) is 0. The number of hydrogen-bond donors (Lipinski definition) is 3. The van der Waals surface area contributed by atoms with Crippen molar-refractivity contribution in [2.24, 2.45) is 5.92 Å². The summed E-state index contributed by atoms with van der Waals surface area (Å²) >= 11 is 0. The van der Waals surface area contributed by atoms with Crippen LogP contribution in [0, 0.1) is 16.0 Å². The molecule has 18 heavy (non-hydrogen) atoms. The largest absolute Gasteiger partial charge is 0.396 e. The number of carbonyl (C=O) groups excluding carboxylic acids is 1. The fourth-order valence-corrected chi connectivity index (χ4v) is 2.31. The number of aromatic nitrogens is 1. The average molecular weight is 253 g/mol. The lowest BCUT2D eigenvalue weighted by atomic mass is 10.1. The Morgan fingerprint density at radius 3 is 3.00 bits per heavy atom. The zero-order valence-electron chi connectivity index (χ0n) is 9.76. The Morgan fingerprint density at radius 2 is 2.39 bits per heavy atom. The van der Waals surface area contributed by atoms with Gasteiger partial charge >= 0.3 is 0 Å². The van der Waals surface area contributed by atoms with Gasteiger partial charge in [0.05, 0.1) is 11.1 Å². The van der Waals surface area contributed by atoms with Gasteiger partial charge in [0.1, 0.15) is 5.69 Å². The predicted molar refractivity (Wildman–Crippen MR) is 63.1 cm³/mol. The number of nitrogens with zero attached hydrogens (tertiary/aromatic N) is 1. The topological polar surface area (TPSA) is 108 Å². The summed E-state index contributed by atoms with van der Waals surface area (Å²) in [5, 5.41) is 22.4. The zero-order chi connectivity index (χ0) is 13.1. The number of rotatable bonds is 4. The predicted octanol–water partition coefficient (Wildman–Crippen LogP) is 0.814. The van der Waals surface area contributed by atoms with E-state index in [9.17, 15) is 14.9 Å². The maximum Gasteiger partial charge on any atom is 0.287 e. The van der Waals surface area contributed by atoms with Crippen molar-refractivity contribution in [2.75, 3.05) is 6.61 Å². The Bertz CT molecular complexity index is 457. The van der Waals surface area contributed by atoms with Crippen molar-refractivity contribution in [1.82, 2.24) is 10.3 Å². The van der Waals surface area contributed by atoms with Gasteiger partial charge in [-0.25, -0.2) is 0 Å². The van der Waals surface area contributed by atoms with E-state index in [-0.39, 0.29) is 35.9 Å². The van der Waals surface area contributed by atoms with E-state index >= 15 is 0 Å². The molecule has 2 unspecified atom stereocenters. The van der Waals surface area contributed by atoms with Gasteiger partial charge in [-0.15, -0.1) is 0 Å². The van der Waals surface area contributed by atoms with Crippen LogP contribution in [-0.2, 0) is 0 Å². The molecule has 0 saturated heterocycles. The third-order valence-corrected chi connectivity index (χ3v) is 3.33. The molecule has 1 aromatic heterocycles. The zero-order valence-corrected chi connectivity index (χ0v) is 9.76. The summed E-state index contributed by atoms with van der Waals surface area (Å²) in [4.78, 5) is 24.4. The van der Waals surface area contributed by atoms with E-state index in [4.69, 9.17) is 5.11 Å². The van der Waals surface area contributed by atoms with E-state index in [1.165, 1.54) is 12.3 Å². The second kappa shape index (κ2) is 5.18. The van der Waals surface area contributed by atoms with Crippen LogP contribution >= 0.6 is 0 Å². The number of aliphatic hydroxyl groups is 1. The van der Waals surface area contributed by atoms with Crippen LogP contribution in [0.2, 0.25) is 0 Å². The van der Waals surface area contributed by atoms with Crippen LogP contribution in [0.4, 0.5) is 5.69 Å². The van der Waals surface area contributed by atoms with Crippen LogP contribution in [0.15, 0.2) is 12.3 Å². The highest BCUT2D eigenvalue weighted by molar-refractivity contribution is 5.93. The lowest BCUT2D eigenvalue weighted by Gasteiger charge is -2.18. The van der Waals surface area contributed by atoms with E-state index in [1.54, 1.807) is 0 Å². The van der Waals surface area contributed by atoms with Gasteiger partial charge in [0.25, 0.3) is 11.6 Å². The first-order valence-corrected chi connectivity index (χ1v) is 5.86. The third kappa shape index (κ3) is 2.51. The van der Waals surface area contributed by atoms with Crippen LogP contribution in [0.25, 0.3) is 0 Å². The summed E-state index contributed by atoms with van der Waals surface area (Å²) in [6.45, 7) is 0.0514. The first kappa shape index (κ1) is 12.6. The van der Waals surface area contributed by atoms with Gasteiger partial charge < -0.3 is 15.4 Å². The highest BCUT2D eigenvalue weighted by Crippen LogP contribution is 2.25. The monoisotopic (exact) mass is 253 g/mol. The Morgan fingerprint density at radius 1 is 1.61 bits per heavy atom. The highest BCUT2D eigenvalue weighted by Gasteiger charge is 2.28. The molecule has 7 nitrogen and oxygen atoms in total. The van der Waals surface area contributed by atoms with Gasteiger partial charge in [-0.05, 0) is 12.8 Å². The van der Waals surface area contributed by atoms with Gasteiger partial charge in [0.2, 0.25) is 0 Å². The summed E-state index contributed by atoms with van der Waals surface area (Å²) in [6.07, 6.45) is 3.89. The Balaban J connectivity index is 2.00. The molecule has 1 aromatic rings.